The molecule has 0 fully saturated rings. The second-order valence-corrected chi connectivity index (χ2v) is 5.83. The number of halogens is 3. The summed E-state index contributed by atoms with van der Waals surface area (Å²) < 4.78 is 0.767. The topological polar surface area (TPSA) is 54.0 Å². The number of nitrogens with zero attached hydrogens (tertiary/aromatic N) is 1. The lowest BCUT2D eigenvalue weighted by atomic mass is 10.2. The molecule has 21 heavy (non-hydrogen) atoms. The fourth-order valence-electron chi connectivity index (χ4n) is 1.68. The van der Waals surface area contributed by atoms with Crippen LogP contribution in [0.1, 0.15) is 17.3 Å². The average Bonchev–Trinajstić information content (AvgIpc) is 2.42. The summed E-state index contributed by atoms with van der Waals surface area (Å²) in [6, 6.07) is 8.34. The Morgan fingerprint density at radius 3 is 2.71 bits per heavy atom. The van der Waals surface area contributed by atoms with Crippen molar-refractivity contribution in [3.63, 3.8) is 0 Å². The number of rotatable bonds is 4. The van der Waals surface area contributed by atoms with E-state index in [9.17, 15) is 4.79 Å². The summed E-state index contributed by atoms with van der Waals surface area (Å²) in [5, 5.41) is 6.56. The Labute approximate surface area is 141 Å². The van der Waals surface area contributed by atoms with E-state index in [2.05, 4.69) is 31.5 Å². The van der Waals surface area contributed by atoms with Gasteiger partial charge in [0.1, 0.15) is 11.0 Å². The predicted octanol–water partition coefficient (Wildman–Crippen LogP) is 4.84. The summed E-state index contributed by atoms with van der Waals surface area (Å²) in [6.45, 7) is 2.63. The normalized spacial score (nSPS) is 10.3. The lowest BCUT2D eigenvalue weighted by molar-refractivity contribution is 0.102. The maximum atomic E-state index is 12.2. The highest BCUT2D eigenvalue weighted by Gasteiger charge is 2.10. The van der Waals surface area contributed by atoms with Gasteiger partial charge in [0.2, 0.25) is 0 Å². The number of pyridine rings is 1. The first-order chi connectivity index (χ1) is 9.99. The molecule has 0 aliphatic rings. The van der Waals surface area contributed by atoms with Crippen molar-refractivity contribution in [2.45, 2.75) is 6.92 Å². The molecule has 0 aliphatic carbocycles. The molecule has 1 amide bonds. The van der Waals surface area contributed by atoms with Crippen molar-refractivity contribution in [2.24, 2.45) is 0 Å². The van der Waals surface area contributed by atoms with Crippen LogP contribution in [0.15, 0.2) is 34.8 Å². The average molecular weight is 389 g/mol. The zero-order valence-electron chi connectivity index (χ0n) is 11.1. The van der Waals surface area contributed by atoms with Crippen LogP contribution in [0.3, 0.4) is 0 Å². The molecule has 7 heteroatoms. The maximum Gasteiger partial charge on any atom is 0.255 e. The summed E-state index contributed by atoms with van der Waals surface area (Å²) in [6.07, 6.45) is 0. The van der Waals surface area contributed by atoms with Gasteiger partial charge in [0.25, 0.3) is 5.91 Å². The second-order valence-electron chi connectivity index (χ2n) is 4.18. The largest absolute Gasteiger partial charge is 0.370 e. The van der Waals surface area contributed by atoms with Crippen molar-refractivity contribution in [1.29, 1.82) is 0 Å². The van der Waals surface area contributed by atoms with Gasteiger partial charge in [0.05, 0.1) is 5.02 Å². The maximum absolute atomic E-state index is 12.2. The van der Waals surface area contributed by atoms with E-state index in [1.165, 1.54) is 6.07 Å². The van der Waals surface area contributed by atoms with Gasteiger partial charge in [-0.25, -0.2) is 4.98 Å². The van der Waals surface area contributed by atoms with Crippen LogP contribution in [0.2, 0.25) is 10.2 Å². The number of hydrogen-bond acceptors (Lipinski definition) is 3. The molecule has 1 heterocycles. The molecule has 2 rings (SSSR count). The van der Waals surface area contributed by atoms with Crippen molar-refractivity contribution in [3.8, 4) is 0 Å². The Bertz CT molecular complexity index is 679. The third-order valence-electron chi connectivity index (χ3n) is 2.59. The summed E-state index contributed by atoms with van der Waals surface area (Å²) in [4.78, 5) is 16.3. The first-order valence-electron chi connectivity index (χ1n) is 6.17. The summed E-state index contributed by atoms with van der Waals surface area (Å²) in [7, 11) is 0. The molecular weight excluding hydrogens is 377 g/mol. The van der Waals surface area contributed by atoms with Gasteiger partial charge < -0.3 is 10.6 Å². The van der Waals surface area contributed by atoms with Crippen molar-refractivity contribution in [3.05, 3.63) is 50.5 Å². The number of carbonyl (C=O) groups excluding carboxylic acids is 1. The lowest BCUT2D eigenvalue weighted by Gasteiger charge is -2.09. The lowest BCUT2D eigenvalue weighted by Crippen LogP contribution is -2.13. The first kappa shape index (κ1) is 16.1. The Morgan fingerprint density at radius 2 is 2.05 bits per heavy atom. The Kier molecular flexibility index (Phi) is 5.45. The number of amides is 1. The fraction of sp³-hybridized carbons (Fsp3) is 0.143. The van der Waals surface area contributed by atoms with Crippen molar-refractivity contribution < 1.29 is 4.79 Å². The smallest absolute Gasteiger partial charge is 0.255 e. The zero-order chi connectivity index (χ0) is 15.4. The molecular formula is C14H12BrCl2N3O. The SMILES string of the molecule is CCNc1cc(C(=O)Nc2ccc(Br)c(Cl)c2)cc(Cl)n1. The van der Waals surface area contributed by atoms with Crippen LogP contribution >= 0.6 is 39.1 Å². The molecule has 0 aliphatic heterocycles. The zero-order valence-corrected chi connectivity index (χ0v) is 14.2. The van der Waals surface area contributed by atoms with E-state index in [-0.39, 0.29) is 11.1 Å². The molecule has 1 aromatic carbocycles. The first-order valence-corrected chi connectivity index (χ1v) is 7.72. The highest BCUT2D eigenvalue weighted by molar-refractivity contribution is 9.10. The molecule has 1 aromatic heterocycles. The minimum Gasteiger partial charge on any atom is -0.370 e. The number of hydrogen-bond donors (Lipinski definition) is 2. The van der Waals surface area contributed by atoms with Crippen molar-refractivity contribution in [2.75, 3.05) is 17.2 Å². The van der Waals surface area contributed by atoms with Gasteiger partial charge >= 0.3 is 0 Å². The molecule has 0 radical (unpaired) electrons. The van der Waals surface area contributed by atoms with E-state index < -0.39 is 0 Å². The minimum absolute atomic E-state index is 0.257. The molecule has 0 saturated heterocycles. The highest BCUT2D eigenvalue weighted by Crippen LogP contribution is 2.26. The molecule has 0 atom stereocenters. The molecule has 4 nitrogen and oxygen atoms in total. The van der Waals surface area contributed by atoms with Gasteiger partial charge in [-0.2, -0.15) is 0 Å². The van der Waals surface area contributed by atoms with Crippen LogP contribution in [-0.2, 0) is 0 Å². The number of nitrogens with one attached hydrogen (secondary N) is 2. The number of anilines is 2. The van der Waals surface area contributed by atoms with E-state index in [4.69, 9.17) is 23.2 Å². The molecule has 110 valence electrons. The van der Waals surface area contributed by atoms with Crippen molar-refractivity contribution >= 4 is 56.5 Å². The summed E-state index contributed by atoms with van der Waals surface area (Å²) in [5.74, 6) is 0.279. The van der Waals surface area contributed by atoms with Crippen LogP contribution < -0.4 is 10.6 Å². The third-order valence-corrected chi connectivity index (χ3v) is 4.02. The van der Waals surface area contributed by atoms with Crippen LogP contribution in [0.4, 0.5) is 11.5 Å². The standard InChI is InChI=1S/C14H12BrCl2N3O/c1-2-18-13-6-8(5-12(17)20-13)14(21)19-9-3-4-10(15)11(16)7-9/h3-7H,2H2,1H3,(H,18,20)(H,19,21). The fourth-order valence-corrected chi connectivity index (χ4v) is 2.31. The quantitative estimate of drug-likeness (QED) is 0.737. The van der Waals surface area contributed by atoms with Gasteiger partial charge in [-0.3, -0.25) is 4.79 Å². The van der Waals surface area contributed by atoms with E-state index in [0.29, 0.717) is 28.6 Å². The third kappa shape index (κ3) is 4.33. The number of benzene rings is 1. The monoisotopic (exact) mass is 387 g/mol. The van der Waals surface area contributed by atoms with Gasteiger partial charge in [-0.15, -0.1) is 0 Å². The van der Waals surface area contributed by atoms with Crippen LogP contribution in [0.5, 0.6) is 0 Å². The second kappa shape index (κ2) is 7.11. The molecule has 0 bridgehead atoms. The van der Waals surface area contributed by atoms with Gasteiger partial charge in [0, 0.05) is 22.3 Å². The summed E-state index contributed by atoms with van der Waals surface area (Å²) >= 11 is 15.2. The number of aromatic nitrogens is 1. The summed E-state index contributed by atoms with van der Waals surface area (Å²) in [5.41, 5.74) is 1.02. The van der Waals surface area contributed by atoms with Crippen LogP contribution in [0.25, 0.3) is 0 Å². The molecule has 2 N–H and O–H groups in total. The molecule has 0 spiro atoms. The highest BCUT2D eigenvalue weighted by atomic mass is 79.9. The predicted molar refractivity (Wildman–Crippen MR) is 90.5 cm³/mol. The molecule has 2 aromatic rings. The van der Waals surface area contributed by atoms with E-state index in [1.54, 1.807) is 24.3 Å². The van der Waals surface area contributed by atoms with E-state index >= 15 is 0 Å². The van der Waals surface area contributed by atoms with Gasteiger partial charge in [0.15, 0.2) is 0 Å². The number of carbonyl (C=O) groups is 1. The van der Waals surface area contributed by atoms with Gasteiger partial charge in [-0.1, -0.05) is 23.2 Å². The Balaban J connectivity index is 2.21. The van der Waals surface area contributed by atoms with Crippen molar-refractivity contribution in [1.82, 2.24) is 4.98 Å². The Hall–Kier alpha value is -1.30. The Morgan fingerprint density at radius 1 is 1.29 bits per heavy atom. The van der Waals surface area contributed by atoms with Gasteiger partial charge in [-0.05, 0) is 53.2 Å². The van der Waals surface area contributed by atoms with E-state index in [1.807, 2.05) is 6.92 Å². The molecule has 0 unspecified atom stereocenters. The van der Waals surface area contributed by atoms with Crippen LogP contribution in [-0.4, -0.2) is 17.4 Å². The van der Waals surface area contributed by atoms with E-state index in [0.717, 1.165) is 4.47 Å². The molecule has 0 saturated carbocycles. The van der Waals surface area contributed by atoms with Crippen LogP contribution in [0, 0.1) is 0 Å². The minimum atomic E-state index is -0.281.